The molecule has 0 spiro atoms. The van der Waals surface area contributed by atoms with Gasteiger partial charge in [-0.25, -0.2) is 4.79 Å². The Labute approximate surface area is 220 Å². The minimum absolute atomic E-state index is 0.00505. The highest BCUT2D eigenvalue weighted by Crippen LogP contribution is 2.28. The highest BCUT2D eigenvalue weighted by Gasteiger charge is 2.24. The standard InChI is InChI=1S/C28H41N3O6/c1-34-17-8-15-31(28(33)29-23-9-5-4-6-10-23)21-27(32)30(20-24-11-7-18-37-24)16-14-22-12-13-25(35-2)26(19-22)36-3/h7,11-13,18-19,23H,4-6,8-10,14-17,20-21H2,1-3H3,(H,29,33). The second-order valence-electron chi connectivity index (χ2n) is 9.39. The summed E-state index contributed by atoms with van der Waals surface area (Å²) in [5.41, 5.74) is 1.02. The Hall–Kier alpha value is -3.20. The minimum atomic E-state index is -0.186. The van der Waals surface area contributed by atoms with E-state index in [1.807, 2.05) is 24.3 Å². The van der Waals surface area contributed by atoms with Crippen LogP contribution in [0.2, 0.25) is 0 Å². The summed E-state index contributed by atoms with van der Waals surface area (Å²) in [6, 6.07) is 9.39. The number of carbonyl (C=O) groups excluding carboxylic acids is 2. The highest BCUT2D eigenvalue weighted by molar-refractivity contribution is 5.84. The number of hydrogen-bond acceptors (Lipinski definition) is 6. The maximum Gasteiger partial charge on any atom is 0.318 e. The predicted octanol–water partition coefficient (Wildman–Crippen LogP) is 4.25. The van der Waals surface area contributed by atoms with Crippen molar-refractivity contribution in [2.75, 3.05) is 47.6 Å². The first kappa shape index (κ1) is 28.4. The van der Waals surface area contributed by atoms with Gasteiger partial charge in [0.15, 0.2) is 11.5 Å². The van der Waals surface area contributed by atoms with E-state index in [4.69, 9.17) is 18.6 Å². The summed E-state index contributed by atoms with van der Waals surface area (Å²) in [6.45, 7) is 1.76. The summed E-state index contributed by atoms with van der Waals surface area (Å²) in [6.07, 6.45) is 8.31. The van der Waals surface area contributed by atoms with Crippen LogP contribution in [0.3, 0.4) is 0 Å². The maximum atomic E-state index is 13.5. The fourth-order valence-electron chi connectivity index (χ4n) is 4.61. The number of hydrogen-bond donors (Lipinski definition) is 1. The molecule has 2 aromatic rings. The van der Waals surface area contributed by atoms with Crippen molar-refractivity contribution in [3.8, 4) is 11.5 Å². The Morgan fingerprint density at radius 1 is 1.00 bits per heavy atom. The molecule has 9 nitrogen and oxygen atoms in total. The smallest absolute Gasteiger partial charge is 0.318 e. The van der Waals surface area contributed by atoms with Crippen molar-refractivity contribution in [3.63, 3.8) is 0 Å². The zero-order valence-electron chi connectivity index (χ0n) is 22.4. The lowest BCUT2D eigenvalue weighted by Crippen LogP contribution is -2.50. The third-order valence-corrected chi connectivity index (χ3v) is 6.72. The van der Waals surface area contributed by atoms with Crippen LogP contribution >= 0.6 is 0 Å². The van der Waals surface area contributed by atoms with Gasteiger partial charge in [-0.1, -0.05) is 25.3 Å². The molecule has 1 N–H and O–H groups in total. The number of methoxy groups -OCH3 is 3. The molecule has 0 saturated heterocycles. The summed E-state index contributed by atoms with van der Waals surface area (Å²) in [7, 11) is 4.84. The number of urea groups is 1. The summed E-state index contributed by atoms with van der Waals surface area (Å²) >= 11 is 0. The number of nitrogens with one attached hydrogen (secondary N) is 1. The van der Waals surface area contributed by atoms with Crippen LogP contribution in [0.25, 0.3) is 0 Å². The Morgan fingerprint density at radius 3 is 2.46 bits per heavy atom. The van der Waals surface area contributed by atoms with E-state index in [9.17, 15) is 9.59 Å². The number of ether oxygens (including phenoxy) is 3. The lowest BCUT2D eigenvalue weighted by molar-refractivity contribution is -0.132. The first-order valence-electron chi connectivity index (χ1n) is 13.1. The topological polar surface area (TPSA) is 93.5 Å². The van der Waals surface area contributed by atoms with Gasteiger partial charge in [0, 0.05) is 32.8 Å². The molecule has 9 heteroatoms. The van der Waals surface area contributed by atoms with Crippen molar-refractivity contribution in [2.24, 2.45) is 0 Å². The molecule has 37 heavy (non-hydrogen) atoms. The van der Waals surface area contributed by atoms with Gasteiger partial charge in [0.2, 0.25) is 5.91 Å². The van der Waals surface area contributed by atoms with Crippen LogP contribution in [-0.2, 0) is 22.5 Å². The van der Waals surface area contributed by atoms with Crippen molar-refractivity contribution in [1.29, 1.82) is 0 Å². The normalized spacial score (nSPS) is 13.7. The lowest BCUT2D eigenvalue weighted by Gasteiger charge is -2.30. The van der Waals surface area contributed by atoms with Gasteiger partial charge >= 0.3 is 6.03 Å². The minimum Gasteiger partial charge on any atom is -0.493 e. The summed E-state index contributed by atoms with van der Waals surface area (Å²) in [4.78, 5) is 30.0. The van der Waals surface area contributed by atoms with E-state index >= 15 is 0 Å². The molecule has 3 amide bonds. The quantitative estimate of drug-likeness (QED) is 0.378. The molecule has 0 radical (unpaired) electrons. The van der Waals surface area contributed by atoms with Crippen molar-refractivity contribution in [3.05, 3.63) is 47.9 Å². The molecular formula is C28H41N3O6. The highest BCUT2D eigenvalue weighted by atomic mass is 16.5. The molecule has 0 aliphatic heterocycles. The molecule has 1 aliphatic carbocycles. The van der Waals surface area contributed by atoms with E-state index in [0.29, 0.717) is 56.3 Å². The Bertz CT molecular complexity index is 959. The molecule has 1 fully saturated rings. The van der Waals surface area contributed by atoms with Crippen LogP contribution < -0.4 is 14.8 Å². The third-order valence-electron chi connectivity index (χ3n) is 6.72. The summed E-state index contributed by atoms with van der Waals surface area (Å²) in [5, 5.41) is 3.15. The molecule has 3 rings (SSSR count). The number of carbonyl (C=O) groups is 2. The predicted molar refractivity (Wildman–Crippen MR) is 141 cm³/mol. The largest absolute Gasteiger partial charge is 0.493 e. The molecule has 1 saturated carbocycles. The first-order valence-corrected chi connectivity index (χ1v) is 13.1. The van der Waals surface area contributed by atoms with Crippen LogP contribution in [0.4, 0.5) is 4.79 Å². The summed E-state index contributed by atoms with van der Waals surface area (Å²) in [5.74, 6) is 1.87. The van der Waals surface area contributed by atoms with E-state index in [-0.39, 0.29) is 24.5 Å². The molecule has 1 aromatic carbocycles. The van der Waals surface area contributed by atoms with Crippen LogP contribution in [0.1, 0.15) is 49.8 Å². The van der Waals surface area contributed by atoms with Gasteiger partial charge in [0.05, 0.1) is 27.0 Å². The van der Waals surface area contributed by atoms with E-state index in [0.717, 1.165) is 31.2 Å². The second kappa shape index (κ2) is 15.1. The molecule has 1 aromatic heterocycles. The molecule has 0 atom stereocenters. The molecule has 0 unspecified atom stereocenters. The maximum absolute atomic E-state index is 13.5. The SMILES string of the molecule is COCCCN(CC(=O)N(CCc1ccc(OC)c(OC)c1)Cc1ccco1)C(=O)NC1CCCCC1. The van der Waals surface area contributed by atoms with Crippen LogP contribution in [0, 0.1) is 0 Å². The van der Waals surface area contributed by atoms with Gasteiger partial charge < -0.3 is 33.7 Å². The van der Waals surface area contributed by atoms with Gasteiger partial charge in [-0.05, 0) is 55.5 Å². The molecule has 204 valence electrons. The molecule has 1 aliphatic rings. The fraction of sp³-hybridized carbons (Fsp3) is 0.571. The zero-order chi connectivity index (χ0) is 26.5. The van der Waals surface area contributed by atoms with Crippen LogP contribution in [-0.4, -0.2) is 75.4 Å². The lowest BCUT2D eigenvalue weighted by atomic mass is 9.96. The number of furan rings is 1. The van der Waals surface area contributed by atoms with Gasteiger partial charge in [-0.3, -0.25) is 4.79 Å². The van der Waals surface area contributed by atoms with E-state index in [1.165, 1.54) is 6.42 Å². The van der Waals surface area contributed by atoms with Crippen molar-refractivity contribution < 1.29 is 28.2 Å². The summed E-state index contributed by atoms with van der Waals surface area (Å²) < 4.78 is 21.5. The Morgan fingerprint density at radius 2 is 1.78 bits per heavy atom. The van der Waals surface area contributed by atoms with Crippen molar-refractivity contribution >= 4 is 11.9 Å². The van der Waals surface area contributed by atoms with E-state index in [1.54, 1.807) is 43.5 Å². The second-order valence-corrected chi connectivity index (χ2v) is 9.39. The Kier molecular flexibility index (Phi) is 11.6. The third kappa shape index (κ3) is 9.00. The van der Waals surface area contributed by atoms with Crippen molar-refractivity contribution in [1.82, 2.24) is 15.1 Å². The number of nitrogens with zero attached hydrogens (tertiary/aromatic N) is 2. The Balaban J connectivity index is 1.69. The van der Waals surface area contributed by atoms with Crippen LogP contribution in [0.15, 0.2) is 41.0 Å². The fourth-order valence-corrected chi connectivity index (χ4v) is 4.61. The van der Waals surface area contributed by atoms with E-state index in [2.05, 4.69) is 5.32 Å². The number of amides is 3. The molecular weight excluding hydrogens is 474 g/mol. The van der Waals surface area contributed by atoms with Crippen LogP contribution in [0.5, 0.6) is 11.5 Å². The average molecular weight is 516 g/mol. The van der Waals surface area contributed by atoms with Gasteiger partial charge in [-0.2, -0.15) is 0 Å². The molecule has 1 heterocycles. The van der Waals surface area contributed by atoms with Gasteiger partial charge in [0.1, 0.15) is 12.3 Å². The first-order chi connectivity index (χ1) is 18.0. The monoisotopic (exact) mass is 515 g/mol. The average Bonchev–Trinajstić information content (AvgIpc) is 3.44. The molecule has 0 bridgehead atoms. The van der Waals surface area contributed by atoms with Crippen molar-refractivity contribution in [2.45, 2.75) is 57.5 Å². The zero-order valence-corrected chi connectivity index (χ0v) is 22.4. The van der Waals surface area contributed by atoms with Gasteiger partial charge in [-0.15, -0.1) is 0 Å². The number of rotatable bonds is 14. The van der Waals surface area contributed by atoms with Gasteiger partial charge in [0.25, 0.3) is 0 Å². The van der Waals surface area contributed by atoms with E-state index < -0.39 is 0 Å². The number of benzene rings is 1.